The number of benzene rings is 3. The van der Waals surface area contributed by atoms with Crippen LogP contribution in [0.15, 0.2) is 72.8 Å². The Balaban J connectivity index is 1.24. The molecule has 1 N–H and O–H groups in total. The summed E-state index contributed by atoms with van der Waals surface area (Å²) < 4.78 is 10.1. The summed E-state index contributed by atoms with van der Waals surface area (Å²) in [4.78, 5) is 63.6. The summed E-state index contributed by atoms with van der Waals surface area (Å²) in [6.07, 6.45) is 2.00. The van der Waals surface area contributed by atoms with E-state index in [4.69, 9.17) is 9.47 Å². The van der Waals surface area contributed by atoms with Crippen LogP contribution in [0.1, 0.15) is 41.1 Å². The van der Waals surface area contributed by atoms with Gasteiger partial charge in [0.1, 0.15) is 11.4 Å². The number of carbonyl (C=O) groups is 4. The molecule has 2 fully saturated rings. The maximum atomic E-state index is 13.4. The van der Waals surface area contributed by atoms with Crippen molar-refractivity contribution < 1.29 is 33.6 Å². The van der Waals surface area contributed by atoms with E-state index < -0.39 is 35.2 Å². The fraction of sp³-hybridized carbons (Fsp3) is 0.267. The highest BCUT2D eigenvalue weighted by Crippen LogP contribution is 2.45. The summed E-state index contributed by atoms with van der Waals surface area (Å²) in [5, 5.41) is 13.6. The molecule has 0 aromatic heterocycles. The van der Waals surface area contributed by atoms with Crippen molar-refractivity contribution in [2.75, 3.05) is 23.9 Å². The van der Waals surface area contributed by atoms with Gasteiger partial charge >= 0.3 is 5.97 Å². The molecule has 3 aromatic rings. The van der Waals surface area contributed by atoms with E-state index in [0.717, 1.165) is 16.9 Å². The van der Waals surface area contributed by atoms with E-state index in [1.165, 1.54) is 43.5 Å². The van der Waals surface area contributed by atoms with Crippen molar-refractivity contribution in [3.63, 3.8) is 0 Å². The molecule has 210 valence electrons. The summed E-state index contributed by atoms with van der Waals surface area (Å²) in [7, 11) is 1.38. The van der Waals surface area contributed by atoms with Crippen LogP contribution in [-0.4, -0.2) is 42.3 Å². The Morgan fingerprint density at radius 3 is 2.46 bits per heavy atom. The van der Waals surface area contributed by atoms with Gasteiger partial charge < -0.3 is 14.8 Å². The molecule has 11 heteroatoms. The molecular formula is C30H27N3O8. The van der Waals surface area contributed by atoms with Crippen molar-refractivity contribution >= 4 is 40.8 Å². The first-order chi connectivity index (χ1) is 19.8. The Hall–Kier alpha value is -5.06. The molecule has 0 bridgehead atoms. The lowest BCUT2D eigenvalue weighted by atomic mass is 9.73. The van der Waals surface area contributed by atoms with E-state index >= 15 is 0 Å². The van der Waals surface area contributed by atoms with Gasteiger partial charge in [0.05, 0.1) is 35.1 Å². The number of hydrogen-bond donors (Lipinski definition) is 1. The smallest absolute Gasteiger partial charge is 0.338 e. The lowest BCUT2D eigenvalue weighted by Gasteiger charge is -2.28. The van der Waals surface area contributed by atoms with Gasteiger partial charge in [0.25, 0.3) is 11.6 Å². The van der Waals surface area contributed by atoms with Crippen LogP contribution in [0.4, 0.5) is 17.1 Å². The minimum atomic E-state index is -0.859. The van der Waals surface area contributed by atoms with Gasteiger partial charge in [0, 0.05) is 12.1 Å². The molecule has 2 aliphatic rings. The third-order valence-electron chi connectivity index (χ3n) is 7.55. The second-order valence-corrected chi connectivity index (χ2v) is 9.96. The molecule has 3 aromatic carbocycles. The fourth-order valence-electron chi connectivity index (χ4n) is 5.54. The average molecular weight is 558 g/mol. The first-order valence-electron chi connectivity index (χ1n) is 13.1. The fourth-order valence-corrected chi connectivity index (χ4v) is 5.54. The molecule has 3 atom stereocenters. The van der Waals surface area contributed by atoms with Crippen LogP contribution < -0.4 is 15.0 Å². The maximum Gasteiger partial charge on any atom is 0.338 e. The van der Waals surface area contributed by atoms with Crippen molar-refractivity contribution in [3.8, 4) is 5.75 Å². The number of carbonyl (C=O) groups excluding carboxylic acids is 4. The Kier molecular flexibility index (Phi) is 7.77. The highest BCUT2D eigenvalue weighted by Gasteiger charge is 2.50. The number of nitro benzene ring substituents is 1. The first-order valence-corrected chi connectivity index (χ1v) is 13.1. The summed E-state index contributed by atoms with van der Waals surface area (Å²) >= 11 is 0. The van der Waals surface area contributed by atoms with Crippen molar-refractivity contribution in [2.24, 2.45) is 11.8 Å². The molecule has 0 unspecified atom stereocenters. The molecule has 5 rings (SSSR count). The summed E-state index contributed by atoms with van der Waals surface area (Å²) in [6, 6.07) is 19.7. The number of ether oxygens (including phenoxy) is 2. The van der Waals surface area contributed by atoms with Gasteiger partial charge in [0.2, 0.25) is 11.8 Å². The molecular weight excluding hydrogens is 530 g/mol. The van der Waals surface area contributed by atoms with Crippen molar-refractivity contribution in [1.82, 2.24) is 0 Å². The Labute approximate surface area is 235 Å². The number of rotatable bonds is 8. The first kappa shape index (κ1) is 27.5. The Bertz CT molecular complexity index is 1520. The average Bonchev–Trinajstić information content (AvgIpc) is 3.24. The molecule has 11 nitrogen and oxygen atoms in total. The normalized spacial score (nSPS) is 19.8. The van der Waals surface area contributed by atoms with Gasteiger partial charge in [-0.25, -0.2) is 4.79 Å². The molecule has 41 heavy (non-hydrogen) atoms. The van der Waals surface area contributed by atoms with Crippen molar-refractivity contribution in [2.45, 2.75) is 25.2 Å². The van der Waals surface area contributed by atoms with Gasteiger partial charge in [-0.1, -0.05) is 36.4 Å². The molecule has 1 saturated heterocycles. The SMILES string of the molecule is COc1ccc([N+](=O)[O-])c(NC(=O)COC(=O)c2cccc(N3C(=O)[C@H]4C[C@H](c5ccccc5)CC[C@H]4C3=O)c2)c1. The Morgan fingerprint density at radius 1 is 0.976 bits per heavy atom. The number of methoxy groups -OCH3 is 1. The maximum absolute atomic E-state index is 13.4. The molecule has 1 aliphatic heterocycles. The zero-order valence-electron chi connectivity index (χ0n) is 22.1. The number of nitrogens with one attached hydrogen (secondary N) is 1. The lowest BCUT2D eigenvalue weighted by molar-refractivity contribution is -0.383. The molecule has 1 aliphatic carbocycles. The van der Waals surface area contributed by atoms with Crippen molar-refractivity contribution in [1.29, 1.82) is 0 Å². The topological polar surface area (TPSA) is 145 Å². The largest absolute Gasteiger partial charge is 0.497 e. The van der Waals surface area contributed by atoms with Crippen LogP contribution in [0.5, 0.6) is 5.75 Å². The van der Waals surface area contributed by atoms with Gasteiger partial charge in [-0.3, -0.25) is 29.4 Å². The quantitative estimate of drug-likeness (QED) is 0.185. The zero-order valence-corrected chi connectivity index (χ0v) is 22.1. The van der Waals surface area contributed by atoms with E-state index in [9.17, 15) is 29.3 Å². The Morgan fingerprint density at radius 2 is 1.73 bits per heavy atom. The van der Waals surface area contributed by atoms with Gasteiger partial charge in [-0.15, -0.1) is 0 Å². The van der Waals surface area contributed by atoms with Crippen LogP contribution in [0.3, 0.4) is 0 Å². The molecule has 3 amide bonds. The summed E-state index contributed by atoms with van der Waals surface area (Å²) in [5.74, 6) is -2.57. The van der Waals surface area contributed by atoms with Gasteiger partial charge in [0.15, 0.2) is 6.61 Å². The highest BCUT2D eigenvalue weighted by molar-refractivity contribution is 6.22. The predicted octanol–water partition coefficient (Wildman–Crippen LogP) is 4.47. The van der Waals surface area contributed by atoms with Gasteiger partial charge in [-0.2, -0.15) is 0 Å². The standard InChI is InChI=1S/C30H27N3O8/c1-40-22-11-13-26(33(38)39)25(16-22)31-27(34)17-41-30(37)20-8-5-9-21(14-20)32-28(35)23-12-10-19(15-24(23)29(32)36)18-6-3-2-4-7-18/h2-9,11,13-14,16,19,23-24H,10,12,15,17H2,1H3,(H,31,34)/t19-,23-,24+/m1/s1. The minimum absolute atomic E-state index is 0.0419. The number of nitro groups is 1. The second-order valence-electron chi connectivity index (χ2n) is 9.96. The number of esters is 1. The number of imide groups is 1. The van der Waals surface area contributed by atoms with Crippen LogP contribution in [0.2, 0.25) is 0 Å². The second kappa shape index (κ2) is 11.6. The van der Waals surface area contributed by atoms with Crippen LogP contribution in [-0.2, 0) is 19.1 Å². The number of nitrogens with zero attached hydrogens (tertiary/aromatic N) is 2. The van der Waals surface area contributed by atoms with Crippen LogP contribution in [0, 0.1) is 22.0 Å². The third-order valence-corrected chi connectivity index (χ3v) is 7.55. The summed E-state index contributed by atoms with van der Waals surface area (Å²) in [5.41, 5.74) is 0.990. The lowest BCUT2D eigenvalue weighted by Crippen LogP contribution is -2.31. The number of fused-ring (bicyclic) bond motifs is 1. The van der Waals surface area contributed by atoms with E-state index in [1.807, 2.05) is 30.3 Å². The number of hydrogen-bond acceptors (Lipinski definition) is 8. The highest BCUT2D eigenvalue weighted by atomic mass is 16.6. The van der Waals surface area contributed by atoms with Crippen LogP contribution in [0.25, 0.3) is 0 Å². The molecule has 1 saturated carbocycles. The molecule has 1 heterocycles. The van der Waals surface area contributed by atoms with Crippen molar-refractivity contribution in [3.05, 3.63) is 94.0 Å². The van der Waals surface area contributed by atoms with E-state index in [0.29, 0.717) is 18.6 Å². The molecule has 0 spiro atoms. The van der Waals surface area contributed by atoms with E-state index in [1.54, 1.807) is 6.07 Å². The van der Waals surface area contributed by atoms with Crippen LogP contribution >= 0.6 is 0 Å². The minimum Gasteiger partial charge on any atom is -0.497 e. The van der Waals surface area contributed by atoms with E-state index in [2.05, 4.69) is 5.32 Å². The molecule has 0 radical (unpaired) electrons. The van der Waals surface area contributed by atoms with Gasteiger partial charge in [-0.05, 0) is 55.0 Å². The number of amides is 3. The monoisotopic (exact) mass is 557 g/mol. The third kappa shape index (κ3) is 5.65. The summed E-state index contributed by atoms with van der Waals surface area (Å²) in [6.45, 7) is -0.718. The van der Waals surface area contributed by atoms with E-state index in [-0.39, 0.29) is 40.4 Å². The predicted molar refractivity (Wildman–Crippen MR) is 148 cm³/mol. The zero-order chi connectivity index (χ0) is 29.1. The number of anilines is 2.